The lowest BCUT2D eigenvalue weighted by molar-refractivity contribution is 0.341. The highest BCUT2D eigenvalue weighted by Crippen LogP contribution is 2.22. The van der Waals surface area contributed by atoms with Gasteiger partial charge in [-0.1, -0.05) is 110 Å². The third-order valence-electron chi connectivity index (χ3n) is 5.86. The average molecular weight is 338 g/mol. The van der Waals surface area contributed by atoms with Crippen molar-refractivity contribution in [1.82, 2.24) is 5.32 Å². The Morgan fingerprint density at radius 3 is 1.54 bits per heavy atom. The molecule has 0 radical (unpaired) electrons. The summed E-state index contributed by atoms with van der Waals surface area (Å²) in [6, 6.07) is 0. The minimum absolute atomic E-state index is 0.991. The molecule has 0 aromatic heterocycles. The zero-order valence-corrected chi connectivity index (χ0v) is 16.9. The summed E-state index contributed by atoms with van der Waals surface area (Å²) in [5.41, 5.74) is 0. The Balaban J connectivity index is 1.66. The van der Waals surface area contributed by atoms with Crippen LogP contribution < -0.4 is 5.32 Å². The molecule has 0 aromatic carbocycles. The van der Waals surface area contributed by atoms with Crippen molar-refractivity contribution in [3.8, 4) is 0 Å². The van der Waals surface area contributed by atoms with Gasteiger partial charge in [-0.25, -0.2) is 0 Å². The first-order chi connectivity index (χ1) is 11.9. The molecule has 1 nitrogen and oxygen atoms in total. The van der Waals surface area contributed by atoms with Crippen molar-refractivity contribution < 1.29 is 0 Å². The molecule has 144 valence electrons. The van der Waals surface area contributed by atoms with E-state index >= 15 is 0 Å². The Bertz CT molecular complexity index is 232. The first-order valence-electron chi connectivity index (χ1n) is 11.6. The maximum Gasteiger partial charge on any atom is -0.00205 e. The van der Waals surface area contributed by atoms with E-state index in [1.165, 1.54) is 135 Å². The number of nitrogens with one attached hydrogen (secondary N) is 1. The van der Waals surface area contributed by atoms with Gasteiger partial charge in [0.15, 0.2) is 0 Å². The SMILES string of the molecule is CCCCCCCCCCCCCCCCNCC1CCCCC1. The Labute approximate surface area is 153 Å². The van der Waals surface area contributed by atoms with Crippen LogP contribution in [0.1, 0.15) is 129 Å². The summed E-state index contributed by atoms with van der Waals surface area (Å²) in [7, 11) is 0. The quantitative estimate of drug-likeness (QED) is 0.269. The smallest absolute Gasteiger partial charge is 0.00205 e. The molecule has 0 heterocycles. The van der Waals surface area contributed by atoms with Gasteiger partial charge in [-0.05, 0) is 38.3 Å². The minimum atomic E-state index is 0.991. The normalized spacial score (nSPS) is 15.9. The number of rotatable bonds is 17. The topological polar surface area (TPSA) is 12.0 Å². The van der Waals surface area contributed by atoms with Crippen molar-refractivity contribution in [2.24, 2.45) is 5.92 Å². The molecular formula is C23H47N. The summed E-state index contributed by atoms with van der Waals surface area (Å²) in [5, 5.41) is 3.70. The predicted molar refractivity (Wildman–Crippen MR) is 110 cm³/mol. The van der Waals surface area contributed by atoms with Crippen molar-refractivity contribution in [3.63, 3.8) is 0 Å². The number of unbranched alkanes of at least 4 members (excludes halogenated alkanes) is 13. The third-order valence-corrected chi connectivity index (χ3v) is 5.86. The van der Waals surface area contributed by atoms with Crippen molar-refractivity contribution in [2.45, 2.75) is 129 Å². The lowest BCUT2D eigenvalue weighted by Crippen LogP contribution is -2.25. The van der Waals surface area contributed by atoms with Crippen LogP contribution in [-0.2, 0) is 0 Å². The van der Waals surface area contributed by atoms with Crippen molar-refractivity contribution in [2.75, 3.05) is 13.1 Å². The monoisotopic (exact) mass is 337 g/mol. The van der Waals surface area contributed by atoms with Gasteiger partial charge in [0.05, 0.1) is 0 Å². The first kappa shape index (κ1) is 22.0. The van der Waals surface area contributed by atoms with Crippen LogP contribution in [-0.4, -0.2) is 13.1 Å². The zero-order chi connectivity index (χ0) is 17.1. The summed E-state index contributed by atoms with van der Waals surface area (Å²) >= 11 is 0. The summed E-state index contributed by atoms with van der Waals surface area (Å²) in [5.74, 6) is 0.991. The van der Waals surface area contributed by atoms with E-state index < -0.39 is 0 Å². The van der Waals surface area contributed by atoms with Crippen molar-refractivity contribution in [1.29, 1.82) is 0 Å². The highest BCUT2D eigenvalue weighted by molar-refractivity contribution is 4.67. The van der Waals surface area contributed by atoms with Crippen molar-refractivity contribution >= 4 is 0 Å². The summed E-state index contributed by atoms with van der Waals surface area (Å²) in [6.45, 7) is 4.85. The molecule has 1 fully saturated rings. The van der Waals surface area contributed by atoms with Gasteiger partial charge in [-0.3, -0.25) is 0 Å². The molecule has 0 bridgehead atoms. The maximum atomic E-state index is 3.70. The van der Waals surface area contributed by atoms with Gasteiger partial charge in [-0.2, -0.15) is 0 Å². The van der Waals surface area contributed by atoms with Crippen LogP contribution in [0.4, 0.5) is 0 Å². The molecule has 24 heavy (non-hydrogen) atoms. The second-order valence-corrected chi connectivity index (χ2v) is 8.30. The molecule has 1 aliphatic rings. The first-order valence-corrected chi connectivity index (χ1v) is 11.6. The predicted octanol–water partition coefficient (Wildman–Crippen LogP) is 7.64. The van der Waals surface area contributed by atoms with E-state index in [0.29, 0.717) is 0 Å². The van der Waals surface area contributed by atoms with E-state index in [0.717, 1.165) is 5.92 Å². The van der Waals surface area contributed by atoms with Gasteiger partial charge in [0.25, 0.3) is 0 Å². The third kappa shape index (κ3) is 14.3. The van der Waals surface area contributed by atoms with Crippen LogP contribution in [0.5, 0.6) is 0 Å². The van der Waals surface area contributed by atoms with Gasteiger partial charge in [0.1, 0.15) is 0 Å². The minimum Gasteiger partial charge on any atom is -0.316 e. The van der Waals surface area contributed by atoms with Gasteiger partial charge in [-0.15, -0.1) is 0 Å². The van der Waals surface area contributed by atoms with Crippen molar-refractivity contribution in [3.05, 3.63) is 0 Å². The van der Waals surface area contributed by atoms with Crippen LogP contribution in [0.25, 0.3) is 0 Å². The summed E-state index contributed by atoms with van der Waals surface area (Å²) in [4.78, 5) is 0. The van der Waals surface area contributed by atoms with Crippen LogP contribution in [0, 0.1) is 5.92 Å². The molecule has 0 saturated heterocycles. The zero-order valence-electron chi connectivity index (χ0n) is 16.9. The Hall–Kier alpha value is -0.0400. The molecule has 0 amide bonds. The maximum absolute atomic E-state index is 3.70. The fraction of sp³-hybridized carbons (Fsp3) is 1.00. The van der Waals surface area contributed by atoms with Crippen LogP contribution in [0.2, 0.25) is 0 Å². The van der Waals surface area contributed by atoms with E-state index in [-0.39, 0.29) is 0 Å². The molecule has 0 unspecified atom stereocenters. The molecule has 1 rings (SSSR count). The van der Waals surface area contributed by atoms with Crippen LogP contribution in [0.15, 0.2) is 0 Å². The van der Waals surface area contributed by atoms with Gasteiger partial charge in [0, 0.05) is 0 Å². The lowest BCUT2D eigenvalue weighted by Gasteiger charge is -2.21. The Morgan fingerprint density at radius 2 is 1.04 bits per heavy atom. The molecular weight excluding hydrogens is 290 g/mol. The standard InChI is InChI=1S/C23H47N/c1-2-3-4-5-6-7-8-9-10-11-12-13-14-18-21-24-22-23-19-16-15-17-20-23/h23-24H,2-22H2,1H3. The molecule has 1 N–H and O–H groups in total. The van der Waals surface area contributed by atoms with Crippen LogP contribution in [0.3, 0.4) is 0 Å². The van der Waals surface area contributed by atoms with E-state index in [1.54, 1.807) is 0 Å². The molecule has 0 aromatic rings. The largest absolute Gasteiger partial charge is 0.316 e. The summed E-state index contributed by atoms with van der Waals surface area (Å²) < 4.78 is 0. The highest BCUT2D eigenvalue weighted by Gasteiger charge is 2.12. The lowest BCUT2D eigenvalue weighted by atomic mass is 9.89. The molecule has 0 atom stereocenters. The molecule has 1 heteroatoms. The Kier molecular flexibility index (Phi) is 16.3. The second-order valence-electron chi connectivity index (χ2n) is 8.30. The summed E-state index contributed by atoms with van der Waals surface area (Å²) in [6.07, 6.45) is 27.8. The molecule has 0 spiro atoms. The number of hydrogen-bond donors (Lipinski definition) is 1. The fourth-order valence-corrected chi connectivity index (χ4v) is 4.14. The van der Waals surface area contributed by atoms with E-state index in [9.17, 15) is 0 Å². The van der Waals surface area contributed by atoms with E-state index in [1.807, 2.05) is 0 Å². The highest BCUT2D eigenvalue weighted by atomic mass is 14.9. The van der Waals surface area contributed by atoms with Crippen LogP contribution >= 0.6 is 0 Å². The van der Waals surface area contributed by atoms with E-state index in [4.69, 9.17) is 0 Å². The van der Waals surface area contributed by atoms with Gasteiger partial charge < -0.3 is 5.32 Å². The second kappa shape index (κ2) is 17.8. The molecule has 1 saturated carbocycles. The Morgan fingerprint density at radius 1 is 0.583 bits per heavy atom. The molecule has 0 aliphatic heterocycles. The van der Waals surface area contributed by atoms with Gasteiger partial charge >= 0.3 is 0 Å². The van der Waals surface area contributed by atoms with Gasteiger partial charge in [0.2, 0.25) is 0 Å². The fourth-order valence-electron chi connectivity index (χ4n) is 4.14. The molecule has 1 aliphatic carbocycles. The van der Waals surface area contributed by atoms with E-state index in [2.05, 4.69) is 12.2 Å². The number of hydrogen-bond acceptors (Lipinski definition) is 1. The average Bonchev–Trinajstić information content (AvgIpc) is 2.62.